The molecule has 0 bridgehead atoms. The monoisotopic (exact) mass is 518 g/mol. The smallest absolute Gasteiger partial charge is 0.294 e. The van der Waals surface area contributed by atoms with E-state index < -0.39 is 23.5 Å². The number of ketones is 1. The molecule has 1 unspecified atom stereocenters. The van der Waals surface area contributed by atoms with Crippen LogP contribution in [0.2, 0.25) is 0 Å². The maximum absolute atomic E-state index is 13.6. The third-order valence-electron chi connectivity index (χ3n) is 5.53. The summed E-state index contributed by atoms with van der Waals surface area (Å²) in [6.07, 6.45) is 1.57. The van der Waals surface area contributed by atoms with Crippen molar-refractivity contribution in [3.63, 3.8) is 0 Å². The van der Waals surface area contributed by atoms with E-state index in [2.05, 4.69) is 20.9 Å². The van der Waals surface area contributed by atoms with Gasteiger partial charge in [0.25, 0.3) is 5.91 Å². The van der Waals surface area contributed by atoms with Crippen LogP contribution in [-0.4, -0.2) is 28.4 Å². The zero-order chi connectivity index (χ0) is 23.8. The summed E-state index contributed by atoms with van der Waals surface area (Å²) < 4.78 is 12.2. The first-order chi connectivity index (χ1) is 16.5. The fourth-order valence-corrected chi connectivity index (χ4v) is 4.45. The van der Waals surface area contributed by atoms with Gasteiger partial charge in [-0.05, 0) is 55.5 Å². The van der Waals surface area contributed by atoms with E-state index in [1.54, 1.807) is 66.9 Å². The van der Waals surface area contributed by atoms with Crippen molar-refractivity contribution in [2.24, 2.45) is 0 Å². The first kappa shape index (κ1) is 21.9. The van der Waals surface area contributed by atoms with Crippen LogP contribution >= 0.6 is 15.9 Å². The molecule has 0 saturated carbocycles. The number of aliphatic hydroxyl groups is 1. The van der Waals surface area contributed by atoms with Gasteiger partial charge in [-0.2, -0.15) is 0 Å². The Hall–Kier alpha value is -3.91. The molecule has 4 aromatic rings. The lowest BCUT2D eigenvalue weighted by atomic mass is 9.98. The van der Waals surface area contributed by atoms with Crippen LogP contribution < -0.4 is 9.64 Å². The number of nitrogens with zero attached hydrogens (tertiary/aromatic N) is 2. The van der Waals surface area contributed by atoms with Crippen molar-refractivity contribution >= 4 is 44.3 Å². The summed E-state index contributed by atoms with van der Waals surface area (Å²) in [6, 6.07) is 18.2. The Bertz CT molecular complexity index is 1440. The molecular formula is C26H19BrN2O5. The van der Waals surface area contributed by atoms with Gasteiger partial charge in [0, 0.05) is 27.8 Å². The summed E-state index contributed by atoms with van der Waals surface area (Å²) in [6.45, 7) is 2.32. The lowest BCUT2D eigenvalue weighted by Crippen LogP contribution is -2.31. The van der Waals surface area contributed by atoms with Gasteiger partial charge in [-0.3, -0.25) is 19.5 Å². The Kier molecular flexibility index (Phi) is 5.67. The zero-order valence-corrected chi connectivity index (χ0v) is 19.7. The molecule has 0 radical (unpaired) electrons. The Morgan fingerprint density at radius 3 is 2.76 bits per heavy atom. The number of hydrogen-bond acceptors (Lipinski definition) is 6. The van der Waals surface area contributed by atoms with Gasteiger partial charge in [0.05, 0.1) is 17.9 Å². The van der Waals surface area contributed by atoms with Gasteiger partial charge >= 0.3 is 0 Å². The van der Waals surface area contributed by atoms with E-state index in [1.807, 2.05) is 13.0 Å². The quantitative estimate of drug-likeness (QED) is 0.325. The SMILES string of the molecule is CCOc1cccc(N2C(=O)C(O)=C(C(=O)c3cc4cc(Br)ccc4o3)C2c2ccccn2)c1. The van der Waals surface area contributed by atoms with Crippen LogP contribution in [0.4, 0.5) is 5.69 Å². The minimum atomic E-state index is -0.946. The van der Waals surface area contributed by atoms with Gasteiger partial charge in [0.1, 0.15) is 17.4 Å². The number of carbonyl (C=O) groups is 2. The van der Waals surface area contributed by atoms with E-state index in [0.29, 0.717) is 29.3 Å². The number of anilines is 1. The molecule has 0 fully saturated rings. The number of fused-ring (bicyclic) bond motifs is 1. The summed E-state index contributed by atoms with van der Waals surface area (Å²) in [5.74, 6) is -1.34. The van der Waals surface area contributed by atoms with E-state index in [-0.39, 0.29) is 11.3 Å². The number of furan rings is 1. The van der Waals surface area contributed by atoms with Crippen molar-refractivity contribution in [1.29, 1.82) is 0 Å². The van der Waals surface area contributed by atoms with E-state index in [1.165, 1.54) is 4.90 Å². The van der Waals surface area contributed by atoms with Crippen molar-refractivity contribution in [2.45, 2.75) is 13.0 Å². The molecule has 3 heterocycles. The molecule has 1 aliphatic heterocycles. The number of Topliss-reactive ketones (excluding diaryl/α,β-unsaturated/α-hetero) is 1. The van der Waals surface area contributed by atoms with Gasteiger partial charge < -0.3 is 14.3 Å². The molecule has 1 N–H and O–H groups in total. The predicted octanol–water partition coefficient (Wildman–Crippen LogP) is 5.77. The second-order valence-electron chi connectivity index (χ2n) is 7.65. The van der Waals surface area contributed by atoms with Crippen molar-refractivity contribution in [1.82, 2.24) is 4.98 Å². The number of rotatable bonds is 6. The average molecular weight is 519 g/mol. The minimum Gasteiger partial charge on any atom is -0.503 e. The fourth-order valence-electron chi connectivity index (χ4n) is 4.07. The molecule has 0 saturated heterocycles. The Morgan fingerprint density at radius 2 is 2.00 bits per heavy atom. The Morgan fingerprint density at radius 1 is 1.15 bits per heavy atom. The number of benzene rings is 2. The summed E-state index contributed by atoms with van der Waals surface area (Å²) in [5.41, 5.74) is 1.33. The highest BCUT2D eigenvalue weighted by molar-refractivity contribution is 9.10. The molecule has 170 valence electrons. The number of amides is 1. The van der Waals surface area contributed by atoms with Gasteiger partial charge in [-0.25, -0.2) is 0 Å². The number of pyridine rings is 1. The molecule has 5 rings (SSSR count). The maximum Gasteiger partial charge on any atom is 0.294 e. The highest BCUT2D eigenvalue weighted by Gasteiger charge is 2.46. The van der Waals surface area contributed by atoms with Crippen LogP contribution in [0.15, 0.2) is 93.1 Å². The molecule has 1 atom stereocenters. The Balaban J connectivity index is 1.63. The summed E-state index contributed by atoms with van der Waals surface area (Å²) >= 11 is 3.41. The first-order valence-corrected chi connectivity index (χ1v) is 11.4. The molecule has 2 aromatic heterocycles. The largest absolute Gasteiger partial charge is 0.503 e. The van der Waals surface area contributed by atoms with Crippen LogP contribution in [0.5, 0.6) is 5.75 Å². The predicted molar refractivity (Wildman–Crippen MR) is 130 cm³/mol. The fraction of sp³-hybridized carbons (Fsp3) is 0.115. The zero-order valence-electron chi connectivity index (χ0n) is 18.1. The number of aliphatic hydroxyl groups excluding tert-OH is 1. The molecule has 1 aliphatic rings. The van der Waals surface area contributed by atoms with Crippen LogP contribution in [-0.2, 0) is 4.79 Å². The highest BCUT2D eigenvalue weighted by Crippen LogP contribution is 2.42. The van der Waals surface area contributed by atoms with Crippen LogP contribution in [0, 0.1) is 0 Å². The first-order valence-electron chi connectivity index (χ1n) is 10.6. The van der Waals surface area contributed by atoms with E-state index in [0.717, 1.165) is 9.86 Å². The molecule has 0 aliphatic carbocycles. The number of hydrogen-bond donors (Lipinski definition) is 1. The molecule has 2 aromatic carbocycles. The van der Waals surface area contributed by atoms with Crippen LogP contribution in [0.25, 0.3) is 11.0 Å². The van der Waals surface area contributed by atoms with E-state index >= 15 is 0 Å². The second-order valence-corrected chi connectivity index (χ2v) is 8.56. The number of ether oxygens (including phenoxy) is 1. The summed E-state index contributed by atoms with van der Waals surface area (Å²) in [4.78, 5) is 32.7. The maximum atomic E-state index is 13.6. The molecule has 7 nitrogen and oxygen atoms in total. The molecular weight excluding hydrogens is 500 g/mol. The number of aromatic nitrogens is 1. The minimum absolute atomic E-state index is 0.0216. The van der Waals surface area contributed by atoms with E-state index in [4.69, 9.17) is 9.15 Å². The van der Waals surface area contributed by atoms with E-state index in [9.17, 15) is 14.7 Å². The van der Waals surface area contributed by atoms with Crippen molar-refractivity contribution < 1.29 is 23.8 Å². The number of halogens is 1. The second kappa shape index (κ2) is 8.79. The standard InChI is InChI=1S/C26H19BrN2O5/c1-2-33-18-7-5-6-17(14-18)29-23(19-8-3-4-11-28-19)22(25(31)26(29)32)24(30)21-13-15-12-16(27)9-10-20(15)34-21/h3-14,23,31H,2H2,1H3. The van der Waals surface area contributed by atoms with Crippen molar-refractivity contribution in [2.75, 3.05) is 11.5 Å². The molecule has 1 amide bonds. The van der Waals surface area contributed by atoms with Crippen LogP contribution in [0.3, 0.4) is 0 Å². The lowest BCUT2D eigenvalue weighted by Gasteiger charge is -2.26. The average Bonchev–Trinajstić information content (AvgIpc) is 3.38. The normalized spacial score (nSPS) is 15.9. The van der Waals surface area contributed by atoms with Gasteiger partial charge in [-0.1, -0.05) is 28.1 Å². The van der Waals surface area contributed by atoms with Crippen molar-refractivity contribution in [3.05, 3.63) is 100 Å². The topological polar surface area (TPSA) is 92.9 Å². The lowest BCUT2D eigenvalue weighted by molar-refractivity contribution is -0.117. The van der Waals surface area contributed by atoms with Crippen LogP contribution in [0.1, 0.15) is 29.2 Å². The molecule has 34 heavy (non-hydrogen) atoms. The summed E-state index contributed by atoms with van der Waals surface area (Å²) in [7, 11) is 0. The third-order valence-corrected chi connectivity index (χ3v) is 6.02. The number of carbonyl (C=O) groups excluding carboxylic acids is 2. The molecule has 8 heteroatoms. The Labute approximate surface area is 203 Å². The summed E-state index contributed by atoms with van der Waals surface area (Å²) in [5, 5.41) is 11.6. The van der Waals surface area contributed by atoms with Gasteiger partial charge in [0.15, 0.2) is 11.5 Å². The molecule has 0 spiro atoms. The van der Waals surface area contributed by atoms with Crippen molar-refractivity contribution in [3.8, 4) is 5.75 Å². The third kappa shape index (κ3) is 3.76. The van der Waals surface area contributed by atoms with Gasteiger partial charge in [0.2, 0.25) is 5.78 Å². The van der Waals surface area contributed by atoms with Gasteiger partial charge in [-0.15, -0.1) is 0 Å². The highest BCUT2D eigenvalue weighted by atomic mass is 79.9.